The number of rotatable bonds is 4. The number of imide groups is 1. The molecule has 0 bridgehead atoms. The van der Waals surface area contributed by atoms with Crippen molar-refractivity contribution < 1.29 is 19.2 Å². The standard InChI is InChI=1S/C12H20N2O3/c1-2-3-4-14-11(15)9-10(12(14)16)13-5-7-17-8-6-13/h10H,2-9H2,1H3/p+1. The molecule has 5 heteroatoms. The number of hydrogen-bond acceptors (Lipinski definition) is 3. The molecule has 0 aromatic rings. The van der Waals surface area contributed by atoms with Gasteiger partial charge in [0, 0.05) is 6.54 Å². The van der Waals surface area contributed by atoms with Gasteiger partial charge in [-0.25, -0.2) is 0 Å². The molecular formula is C12H21N2O3+. The molecule has 0 aromatic carbocycles. The van der Waals surface area contributed by atoms with Crippen LogP contribution in [-0.4, -0.2) is 55.6 Å². The fourth-order valence-corrected chi connectivity index (χ4v) is 2.54. The predicted octanol–water partition coefficient (Wildman–Crippen LogP) is -1.17. The number of hydrogen-bond donors (Lipinski definition) is 1. The van der Waals surface area contributed by atoms with Crippen LogP contribution in [0.4, 0.5) is 0 Å². The maximum Gasteiger partial charge on any atom is 0.288 e. The summed E-state index contributed by atoms with van der Waals surface area (Å²) in [5.41, 5.74) is 0. The van der Waals surface area contributed by atoms with Crippen molar-refractivity contribution in [2.75, 3.05) is 32.8 Å². The van der Waals surface area contributed by atoms with Crippen molar-refractivity contribution in [3.8, 4) is 0 Å². The van der Waals surface area contributed by atoms with E-state index in [1.54, 1.807) is 0 Å². The Morgan fingerprint density at radius 2 is 2.06 bits per heavy atom. The maximum atomic E-state index is 12.2. The Balaban J connectivity index is 1.96. The topological polar surface area (TPSA) is 51.1 Å². The summed E-state index contributed by atoms with van der Waals surface area (Å²) in [5.74, 6) is 0.0350. The van der Waals surface area contributed by atoms with E-state index >= 15 is 0 Å². The molecule has 2 amide bonds. The lowest BCUT2D eigenvalue weighted by atomic mass is 10.2. The molecule has 2 aliphatic heterocycles. The van der Waals surface area contributed by atoms with Gasteiger partial charge in [0.15, 0.2) is 6.04 Å². The summed E-state index contributed by atoms with van der Waals surface area (Å²) in [6, 6.07) is -0.150. The molecule has 2 aliphatic rings. The van der Waals surface area contributed by atoms with E-state index in [9.17, 15) is 9.59 Å². The number of likely N-dealkylation sites (tertiary alicyclic amines) is 1. The first-order chi connectivity index (χ1) is 8.24. The Bertz CT molecular complexity index is 300. The van der Waals surface area contributed by atoms with Gasteiger partial charge in [-0.15, -0.1) is 0 Å². The fraction of sp³-hybridized carbons (Fsp3) is 0.833. The van der Waals surface area contributed by atoms with E-state index in [1.165, 1.54) is 9.80 Å². The minimum Gasteiger partial charge on any atom is -0.370 e. The maximum absolute atomic E-state index is 12.2. The largest absolute Gasteiger partial charge is 0.370 e. The zero-order valence-electron chi connectivity index (χ0n) is 10.4. The molecule has 0 spiro atoms. The van der Waals surface area contributed by atoms with Crippen molar-refractivity contribution in [1.82, 2.24) is 4.90 Å². The van der Waals surface area contributed by atoms with Gasteiger partial charge < -0.3 is 9.64 Å². The highest BCUT2D eigenvalue weighted by atomic mass is 16.5. The Labute approximate surface area is 102 Å². The number of carbonyl (C=O) groups is 2. The second kappa shape index (κ2) is 5.60. The minimum absolute atomic E-state index is 0.00689. The van der Waals surface area contributed by atoms with Crippen molar-refractivity contribution in [2.45, 2.75) is 32.2 Å². The SMILES string of the molecule is CCCCN1C(=O)CC([NH+]2CCOCC2)C1=O. The average Bonchev–Trinajstić information content (AvgIpc) is 2.64. The molecule has 0 aromatic heterocycles. The zero-order valence-corrected chi connectivity index (χ0v) is 10.4. The lowest BCUT2D eigenvalue weighted by Crippen LogP contribution is -3.18. The Morgan fingerprint density at radius 3 is 2.71 bits per heavy atom. The molecular weight excluding hydrogens is 220 g/mol. The number of amides is 2. The van der Waals surface area contributed by atoms with Crippen LogP contribution in [0, 0.1) is 0 Å². The normalized spacial score (nSPS) is 26.9. The highest BCUT2D eigenvalue weighted by molar-refractivity contribution is 6.04. The van der Waals surface area contributed by atoms with Gasteiger partial charge in [-0.2, -0.15) is 0 Å². The van der Waals surface area contributed by atoms with Crippen LogP contribution in [0.1, 0.15) is 26.2 Å². The predicted molar refractivity (Wildman–Crippen MR) is 61.5 cm³/mol. The van der Waals surface area contributed by atoms with Gasteiger partial charge in [0.2, 0.25) is 5.91 Å². The summed E-state index contributed by atoms with van der Waals surface area (Å²) in [6.45, 7) is 5.73. The van der Waals surface area contributed by atoms with E-state index in [0.717, 1.165) is 25.9 Å². The smallest absolute Gasteiger partial charge is 0.288 e. The third kappa shape index (κ3) is 2.66. The second-order valence-electron chi connectivity index (χ2n) is 4.76. The van der Waals surface area contributed by atoms with Crippen molar-refractivity contribution in [1.29, 1.82) is 0 Å². The molecule has 2 saturated heterocycles. The van der Waals surface area contributed by atoms with Crippen LogP contribution in [0.3, 0.4) is 0 Å². The van der Waals surface area contributed by atoms with Gasteiger partial charge in [0.1, 0.15) is 13.1 Å². The number of nitrogens with zero attached hydrogens (tertiary/aromatic N) is 1. The van der Waals surface area contributed by atoms with E-state index in [1.807, 2.05) is 0 Å². The number of morpholine rings is 1. The van der Waals surface area contributed by atoms with Crippen molar-refractivity contribution in [3.63, 3.8) is 0 Å². The molecule has 2 fully saturated rings. The minimum atomic E-state index is -0.150. The molecule has 1 atom stereocenters. The Hall–Kier alpha value is -0.940. The van der Waals surface area contributed by atoms with Crippen LogP contribution in [-0.2, 0) is 14.3 Å². The molecule has 2 rings (SSSR count). The molecule has 1 unspecified atom stereocenters. The van der Waals surface area contributed by atoms with Gasteiger partial charge in [-0.3, -0.25) is 14.5 Å². The van der Waals surface area contributed by atoms with Crippen LogP contribution in [0.2, 0.25) is 0 Å². The first kappa shape index (κ1) is 12.5. The van der Waals surface area contributed by atoms with E-state index in [2.05, 4.69) is 6.92 Å². The number of unbranched alkanes of at least 4 members (excludes halogenated alkanes) is 1. The number of carbonyl (C=O) groups excluding carboxylic acids is 2. The Morgan fingerprint density at radius 1 is 1.35 bits per heavy atom. The molecule has 2 heterocycles. The summed E-state index contributed by atoms with van der Waals surface area (Å²) in [4.78, 5) is 26.6. The van der Waals surface area contributed by atoms with Crippen LogP contribution in [0.25, 0.3) is 0 Å². The molecule has 17 heavy (non-hydrogen) atoms. The summed E-state index contributed by atoms with van der Waals surface area (Å²) in [6.07, 6.45) is 2.30. The lowest BCUT2D eigenvalue weighted by Gasteiger charge is -2.27. The van der Waals surface area contributed by atoms with Gasteiger partial charge in [-0.1, -0.05) is 13.3 Å². The molecule has 1 N–H and O–H groups in total. The summed E-state index contributed by atoms with van der Waals surface area (Å²) in [5, 5.41) is 0. The number of nitrogens with one attached hydrogen (secondary N) is 1. The summed E-state index contributed by atoms with van der Waals surface area (Å²) >= 11 is 0. The molecule has 0 radical (unpaired) electrons. The average molecular weight is 241 g/mol. The van der Waals surface area contributed by atoms with Crippen LogP contribution >= 0.6 is 0 Å². The van der Waals surface area contributed by atoms with E-state index < -0.39 is 0 Å². The van der Waals surface area contributed by atoms with E-state index in [4.69, 9.17) is 4.74 Å². The molecule has 5 nitrogen and oxygen atoms in total. The molecule has 0 aliphatic carbocycles. The zero-order chi connectivity index (χ0) is 12.3. The van der Waals surface area contributed by atoms with Crippen LogP contribution in [0.15, 0.2) is 0 Å². The third-order valence-corrected chi connectivity index (χ3v) is 3.61. The van der Waals surface area contributed by atoms with Gasteiger partial charge in [-0.05, 0) is 6.42 Å². The molecule has 0 saturated carbocycles. The highest BCUT2D eigenvalue weighted by Gasteiger charge is 2.44. The van der Waals surface area contributed by atoms with E-state index in [0.29, 0.717) is 26.2 Å². The fourth-order valence-electron chi connectivity index (χ4n) is 2.54. The second-order valence-corrected chi connectivity index (χ2v) is 4.76. The monoisotopic (exact) mass is 241 g/mol. The lowest BCUT2D eigenvalue weighted by molar-refractivity contribution is -0.922. The first-order valence-electron chi connectivity index (χ1n) is 6.50. The van der Waals surface area contributed by atoms with Gasteiger partial charge in [0.25, 0.3) is 5.91 Å². The highest BCUT2D eigenvalue weighted by Crippen LogP contribution is 2.12. The van der Waals surface area contributed by atoms with Crippen LogP contribution in [0.5, 0.6) is 0 Å². The number of quaternary nitrogens is 1. The summed E-state index contributed by atoms with van der Waals surface area (Å²) in [7, 11) is 0. The quantitative estimate of drug-likeness (QED) is 0.631. The Kier molecular flexibility index (Phi) is 4.12. The van der Waals surface area contributed by atoms with Gasteiger partial charge in [0.05, 0.1) is 19.6 Å². The number of ether oxygens (including phenoxy) is 1. The third-order valence-electron chi connectivity index (χ3n) is 3.61. The van der Waals surface area contributed by atoms with Gasteiger partial charge >= 0.3 is 0 Å². The first-order valence-corrected chi connectivity index (χ1v) is 6.50. The van der Waals surface area contributed by atoms with Crippen molar-refractivity contribution in [3.05, 3.63) is 0 Å². The van der Waals surface area contributed by atoms with Crippen molar-refractivity contribution in [2.24, 2.45) is 0 Å². The van der Waals surface area contributed by atoms with Crippen LogP contribution < -0.4 is 4.90 Å². The molecule has 96 valence electrons. The summed E-state index contributed by atoms with van der Waals surface area (Å²) < 4.78 is 5.28. The van der Waals surface area contributed by atoms with E-state index in [-0.39, 0.29) is 17.9 Å². The van der Waals surface area contributed by atoms with Crippen molar-refractivity contribution >= 4 is 11.8 Å².